The summed E-state index contributed by atoms with van der Waals surface area (Å²) in [5.74, 6) is 1.47. The monoisotopic (exact) mass is 220 g/mol. The number of rotatable bonds is 3. The third-order valence-corrected chi connectivity index (χ3v) is 3.21. The van der Waals surface area contributed by atoms with Crippen molar-refractivity contribution in [2.75, 3.05) is 17.2 Å². The molecule has 2 heterocycles. The van der Waals surface area contributed by atoms with Gasteiger partial charge in [-0.25, -0.2) is 0 Å². The minimum atomic E-state index is 0.493. The summed E-state index contributed by atoms with van der Waals surface area (Å²) in [5.41, 5.74) is 5.56. The molecule has 4 heteroatoms. The zero-order chi connectivity index (χ0) is 11.4. The maximum atomic E-state index is 5.56. The van der Waals surface area contributed by atoms with Crippen LogP contribution in [0.2, 0.25) is 0 Å². The van der Waals surface area contributed by atoms with E-state index in [2.05, 4.69) is 22.0 Å². The van der Waals surface area contributed by atoms with Crippen LogP contribution in [-0.4, -0.2) is 22.8 Å². The standard InChI is InChI=1S/C12H20N4/c1-2-5-10-6-3-4-9-16(10)12-8-7-11(13)14-15-12/h7-8,10H,2-6,9H2,1H3,(H2,13,14). The molecule has 1 atom stereocenters. The van der Waals surface area contributed by atoms with Crippen molar-refractivity contribution in [3.8, 4) is 0 Å². The summed E-state index contributed by atoms with van der Waals surface area (Å²) in [5, 5.41) is 8.12. The maximum Gasteiger partial charge on any atom is 0.151 e. The topological polar surface area (TPSA) is 55.0 Å². The molecule has 0 saturated carbocycles. The molecule has 0 bridgehead atoms. The summed E-state index contributed by atoms with van der Waals surface area (Å²) in [4.78, 5) is 2.39. The lowest BCUT2D eigenvalue weighted by atomic mass is 9.98. The lowest BCUT2D eigenvalue weighted by Gasteiger charge is -2.36. The van der Waals surface area contributed by atoms with Gasteiger partial charge in [0.25, 0.3) is 0 Å². The van der Waals surface area contributed by atoms with Crippen molar-refractivity contribution in [2.24, 2.45) is 0 Å². The van der Waals surface area contributed by atoms with E-state index in [0.717, 1.165) is 12.4 Å². The largest absolute Gasteiger partial charge is 0.382 e. The van der Waals surface area contributed by atoms with Gasteiger partial charge in [0, 0.05) is 12.6 Å². The molecule has 1 unspecified atom stereocenters. The van der Waals surface area contributed by atoms with Gasteiger partial charge >= 0.3 is 0 Å². The molecule has 1 aromatic heterocycles. The van der Waals surface area contributed by atoms with E-state index in [-0.39, 0.29) is 0 Å². The zero-order valence-electron chi connectivity index (χ0n) is 9.89. The van der Waals surface area contributed by atoms with Crippen LogP contribution in [0.1, 0.15) is 39.0 Å². The Bertz CT molecular complexity index is 320. The summed E-state index contributed by atoms with van der Waals surface area (Å²) < 4.78 is 0. The van der Waals surface area contributed by atoms with Crippen molar-refractivity contribution >= 4 is 11.6 Å². The number of anilines is 2. The highest BCUT2D eigenvalue weighted by atomic mass is 15.3. The molecule has 0 aliphatic carbocycles. The quantitative estimate of drug-likeness (QED) is 0.848. The van der Waals surface area contributed by atoms with E-state index in [1.165, 1.54) is 32.1 Å². The predicted molar refractivity (Wildman–Crippen MR) is 66.3 cm³/mol. The van der Waals surface area contributed by atoms with Crippen LogP contribution in [0, 0.1) is 0 Å². The predicted octanol–water partition coefficient (Wildman–Crippen LogP) is 2.22. The summed E-state index contributed by atoms with van der Waals surface area (Å²) in [6.45, 7) is 3.34. The smallest absolute Gasteiger partial charge is 0.151 e. The van der Waals surface area contributed by atoms with Gasteiger partial charge in [0.15, 0.2) is 5.82 Å². The van der Waals surface area contributed by atoms with E-state index in [1.807, 2.05) is 12.1 Å². The molecule has 0 radical (unpaired) electrons. The maximum absolute atomic E-state index is 5.56. The fourth-order valence-electron chi connectivity index (χ4n) is 2.42. The molecule has 2 N–H and O–H groups in total. The van der Waals surface area contributed by atoms with Gasteiger partial charge in [0.2, 0.25) is 0 Å². The molecule has 16 heavy (non-hydrogen) atoms. The Kier molecular flexibility index (Phi) is 3.59. The third-order valence-electron chi connectivity index (χ3n) is 3.21. The number of nitrogen functional groups attached to an aromatic ring is 1. The second-order valence-corrected chi connectivity index (χ2v) is 4.45. The Hall–Kier alpha value is -1.32. The zero-order valence-corrected chi connectivity index (χ0v) is 9.89. The Labute approximate surface area is 96.9 Å². The fourth-order valence-corrected chi connectivity index (χ4v) is 2.42. The normalized spacial score (nSPS) is 21.1. The summed E-state index contributed by atoms with van der Waals surface area (Å²) >= 11 is 0. The van der Waals surface area contributed by atoms with Gasteiger partial charge in [0.05, 0.1) is 0 Å². The Balaban J connectivity index is 2.13. The van der Waals surface area contributed by atoms with E-state index < -0.39 is 0 Å². The SMILES string of the molecule is CCCC1CCCCN1c1ccc(N)nn1. The van der Waals surface area contributed by atoms with Gasteiger partial charge < -0.3 is 10.6 Å². The van der Waals surface area contributed by atoms with Crippen molar-refractivity contribution < 1.29 is 0 Å². The van der Waals surface area contributed by atoms with E-state index in [9.17, 15) is 0 Å². The Morgan fingerprint density at radius 3 is 2.94 bits per heavy atom. The number of hydrogen-bond acceptors (Lipinski definition) is 4. The summed E-state index contributed by atoms with van der Waals surface area (Å²) in [6, 6.07) is 4.45. The van der Waals surface area contributed by atoms with Gasteiger partial charge in [-0.1, -0.05) is 13.3 Å². The number of aromatic nitrogens is 2. The van der Waals surface area contributed by atoms with Crippen LogP contribution in [-0.2, 0) is 0 Å². The van der Waals surface area contributed by atoms with Gasteiger partial charge in [-0.15, -0.1) is 10.2 Å². The molecule has 1 fully saturated rings. The Morgan fingerprint density at radius 2 is 2.25 bits per heavy atom. The highest BCUT2D eigenvalue weighted by Gasteiger charge is 2.22. The van der Waals surface area contributed by atoms with Crippen LogP contribution < -0.4 is 10.6 Å². The first-order valence-electron chi connectivity index (χ1n) is 6.17. The van der Waals surface area contributed by atoms with Crippen LogP contribution in [0.15, 0.2) is 12.1 Å². The molecule has 0 spiro atoms. The average molecular weight is 220 g/mol. The van der Waals surface area contributed by atoms with Gasteiger partial charge in [0.1, 0.15) is 5.82 Å². The minimum absolute atomic E-state index is 0.493. The summed E-state index contributed by atoms with van der Waals surface area (Å²) in [6.07, 6.45) is 6.34. The molecule has 0 amide bonds. The highest BCUT2D eigenvalue weighted by molar-refractivity contribution is 5.42. The highest BCUT2D eigenvalue weighted by Crippen LogP contribution is 2.25. The van der Waals surface area contributed by atoms with Crippen LogP contribution in [0.25, 0.3) is 0 Å². The second kappa shape index (κ2) is 5.14. The molecule has 1 aromatic rings. The van der Waals surface area contributed by atoms with E-state index in [4.69, 9.17) is 5.73 Å². The first-order valence-corrected chi connectivity index (χ1v) is 6.17. The van der Waals surface area contributed by atoms with E-state index >= 15 is 0 Å². The van der Waals surface area contributed by atoms with Gasteiger partial charge in [-0.3, -0.25) is 0 Å². The summed E-state index contributed by atoms with van der Waals surface area (Å²) in [7, 11) is 0. The molecule has 0 aromatic carbocycles. The molecule has 1 aliphatic heterocycles. The molecular formula is C12H20N4. The second-order valence-electron chi connectivity index (χ2n) is 4.45. The van der Waals surface area contributed by atoms with Crippen molar-refractivity contribution in [2.45, 2.75) is 45.1 Å². The molecular weight excluding hydrogens is 200 g/mol. The molecule has 1 saturated heterocycles. The minimum Gasteiger partial charge on any atom is -0.382 e. The van der Waals surface area contributed by atoms with Crippen molar-refractivity contribution in [1.29, 1.82) is 0 Å². The van der Waals surface area contributed by atoms with Crippen molar-refractivity contribution in [3.63, 3.8) is 0 Å². The van der Waals surface area contributed by atoms with E-state index in [1.54, 1.807) is 0 Å². The van der Waals surface area contributed by atoms with Crippen LogP contribution in [0.4, 0.5) is 11.6 Å². The Morgan fingerprint density at radius 1 is 1.38 bits per heavy atom. The molecule has 2 rings (SSSR count). The van der Waals surface area contributed by atoms with Gasteiger partial charge in [-0.05, 0) is 37.8 Å². The van der Waals surface area contributed by atoms with E-state index in [0.29, 0.717) is 11.9 Å². The van der Waals surface area contributed by atoms with Crippen LogP contribution >= 0.6 is 0 Å². The number of piperidine rings is 1. The molecule has 88 valence electrons. The van der Waals surface area contributed by atoms with Crippen LogP contribution in [0.5, 0.6) is 0 Å². The number of hydrogen-bond donors (Lipinski definition) is 1. The molecule has 1 aliphatic rings. The van der Waals surface area contributed by atoms with Gasteiger partial charge in [-0.2, -0.15) is 0 Å². The molecule has 4 nitrogen and oxygen atoms in total. The lowest BCUT2D eigenvalue weighted by molar-refractivity contribution is 0.431. The lowest BCUT2D eigenvalue weighted by Crippen LogP contribution is -2.40. The van der Waals surface area contributed by atoms with Crippen LogP contribution in [0.3, 0.4) is 0 Å². The third kappa shape index (κ3) is 2.43. The number of nitrogens with zero attached hydrogens (tertiary/aromatic N) is 3. The first kappa shape index (κ1) is 11.2. The first-order chi connectivity index (χ1) is 7.81. The fraction of sp³-hybridized carbons (Fsp3) is 0.667. The number of nitrogens with two attached hydrogens (primary N) is 1. The average Bonchev–Trinajstić information content (AvgIpc) is 2.32. The van der Waals surface area contributed by atoms with Crippen molar-refractivity contribution in [1.82, 2.24) is 10.2 Å². The van der Waals surface area contributed by atoms with Crippen molar-refractivity contribution in [3.05, 3.63) is 12.1 Å².